The average molecular weight is 261 g/mol. The highest BCUT2D eigenvalue weighted by Gasteiger charge is 2.24. The SMILES string of the molecule is Cc1nc(C)c2c(n1)CCN(C1CCOCC1)CC2. The molecule has 0 saturated carbocycles. The molecule has 0 spiro atoms. The molecule has 0 amide bonds. The fourth-order valence-corrected chi connectivity index (χ4v) is 3.37. The molecule has 3 heterocycles. The molecule has 2 aliphatic heterocycles. The largest absolute Gasteiger partial charge is 0.381 e. The van der Waals surface area contributed by atoms with Crippen LogP contribution in [-0.4, -0.2) is 47.2 Å². The highest BCUT2D eigenvalue weighted by Crippen LogP contribution is 2.21. The number of aryl methyl sites for hydroxylation is 2. The second-order valence-corrected chi connectivity index (χ2v) is 5.66. The summed E-state index contributed by atoms with van der Waals surface area (Å²) in [6.45, 7) is 8.24. The number of hydrogen-bond donors (Lipinski definition) is 0. The third-order valence-corrected chi connectivity index (χ3v) is 4.40. The van der Waals surface area contributed by atoms with Crippen LogP contribution in [0.5, 0.6) is 0 Å². The first kappa shape index (κ1) is 13.0. The Kier molecular flexibility index (Phi) is 3.80. The Bertz CT molecular complexity index is 455. The van der Waals surface area contributed by atoms with Gasteiger partial charge < -0.3 is 4.74 Å². The lowest BCUT2D eigenvalue weighted by Gasteiger charge is -2.33. The lowest BCUT2D eigenvalue weighted by molar-refractivity contribution is 0.0355. The summed E-state index contributed by atoms with van der Waals surface area (Å²) in [6.07, 6.45) is 4.52. The zero-order valence-electron chi connectivity index (χ0n) is 12.0. The van der Waals surface area contributed by atoms with Gasteiger partial charge in [-0.3, -0.25) is 4.90 Å². The van der Waals surface area contributed by atoms with E-state index in [0.29, 0.717) is 6.04 Å². The number of ether oxygens (including phenoxy) is 1. The first-order valence-corrected chi connectivity index (χ1v) is 7.39. The molecule has 0 radical (unpaired) electrons. The first-order valence-electron chi connectivity index (χ1n) is 7.39. The van der Waals surface area contributed by atoms with Crippen molar-refractivity contribution >= 4 is 0 Å². The van der Waals surface area contributed by atoms with E-state index in [1.807, 2.05) is 6.92 Å². The normalized spacial score (nSPS) is 22.0. The molecule has 0 N–H and O–H groups in total. The molecule has 1 aromatic heterocycles. The van der Waals surface area contributed by atoms with E-state index in [1.165, 1.54) is 29.8 Å². The van der Waals surface area contributed by atoms with E-state index in [9.17, 15) is 0 Å². The monoisotopic (exact) mass is 261 g/mol. The minimum atomic E-state index is 0.706. The van der Waals surface area contributed by atoms with Crippen LogP contribution in [0.2, 0.25) is 0 Å². The van der Waals surface area contributed by atoms with Crippen LogP contribution >= 0.6 is 0 Å². The van der Waals surface area contributed by atoms with E-state index in [1.54, 1.807) is 0 Å². The van der Waals surface area contributed by atoms with Gasteiger partial charge in [-0.05, 0) is 38.7 Å². The zero-order valence-corrected chi connectivity index (χ0v) is 12.0. The Morgan fingerprint density at radius 2 is 1.79 bits per heavy atom. The van der Waals surface area contributed by atoms with Gasteiger partial charge in [-0.1, -0.05) is 0 Å². The summed E-state index contributed by atoms with van der Waals surface area (Å²) in [5, 5.41) is 0. The Morgan fingerprint density at radius 3 is 2.58 bits per heavy atom. The molecule has 19 heavy (non-hydrogen) atoms. The van der Waals surface area contributed by atoms with Crippen molar-refractivity contribution in [2.45, 2.75) is 45.6 Å². The highest BCUT2D eigenvalue weighted by atomic mass is 16.5. The van der Waals surface area contributed by atoms with E-state index in [0.717, 1.165) is 45.0 Å². The van der Waals surface area contributed by atoms with Gasteiger partial charge in [0.05, 0.1) is 0 Å². The van der Waals surface area contributed by atoms with Gasteiger partial charge in [0.25, 0.3) is 0 Å². The van der Waals surface area contributed by atoms with Gasteiger partial charge in [0.2, 0.25) is 0 Å². The van der Waals surface area contributed by atoms with Gasteiger partial charge in [-0.15, -0.1) is 0 Å². The fourth-order valence-electron chi connectivity index (χ4n) is 3.37. The van der Waals surface area contributed by atoms with Crippen molar-refractivity contribution in [1.82, 2.24) is 14.9 Å². The van der Waals surface area contributed by atoms with Crippen LogP contribution in [0.1, 0.15) is 35.6 Å². The molecule has 0 aliphatic carbocycles. The minimum Gasteiger partial charge on any atom is -0.381 e. The van der Waals surface area contributed by atoms with Crippen LogP contribution in [0.3, 0.4) is 0 Å². The van der Waals surface area contributed by atoms with Crippen molar-refractivity contribution in [3.63, 3.8) is 0 Å². The molecule has 3 rings (SSSR count). The molecule has 0 bridgehead atoms. The third kappa shape index (κ3) is 2.79. The Balaban J connectivity index is 1.75. The molecule has 0 atom stereocenters. The van der Waals surface area contributed by atoms with Gasteiger partial charge in [0, 0.05) is 50.2 Å². The lowest BCUT2D eigenvalue weighted by Crippen LogP contribution is -2.40. The van der Waals surface area contributed by atoms with Crippen LogP contribution in [0, 0.1) is 13.8 Å². The van der Waals surface area contributed by atoms with Gasteiger partial charge in [-0.2, -0.15) is 0 Å². The zero-order chi connectivity index (χ0) is 13.2. The van der Waals surface area contributed by atoms with Crippen molar-refractivity contribution in [1.29, 1.82) is 0 Å². The fraction of sp³-hybridized carbons (Fsp3) is 0.733. The van der Waals surface area contributed by atoms with Gasteiger partial charge >= 0.3 is 0 Å². The summed E-state index contributed by atoms with van der Waals surface area (Å²) in [5.74, 6) is 0.913. The molecule has 1 fully saturated rings. The molecule has 4 heteroatoms. The van der Waals surface area contributed by atoms with E-state index in [-0.39, 0.29) is 0 Å². The lowest BCUT2D eigenvalue weighted by atomic mass is 10.1. The predicted molar refractivity (Wildman–Crippen MR) is 74.3 cm³/mol. The summed E-state index contributed by atoms with van der Waals surface area (Å²) < 4.78 is 5.47. The second-order valence-electron chi connectivity index (χ2n) is 5.66. The van der Waals surface area contributed by atoms with Crippen molar-refractivity contribution in [2.24, 2.45) is 0 Å². The third-order valence-electron chi connectivity index (χ3n) is 4.40. The summed E-state index contributed by atoms with van der Waals surface area (Å²) in [4.78, 5) is 11.8. The molecule has 1 aromatic rings. The number of hydrogen-bond acceptors (Lipinski definition) is 4. The van der Waals surface area contributed by atoms with E-state index in [4.69, 9.17) is 4.74 Å². The Labute approximate surface area is 115 Å². The highest BCUT2D eigenvalue weighted by molar-refractivity contribution is 5.27. The molecule has 0 aromatic carbocycles. The topological polar surface area (TPSA) is 38.2 Å². The van der Waals surface area contributed by atoms with Crippen LogP contribution < -0.4 is 0 Å². The van der Waals surface area contributed by atoms with Crippen LogP contribution in [-0.2, 0) is 17.6 Å². The Morgan fingerprint density at radius 1 is 1.05 bits per heavy atom. The van der Waals surface area contributed by atoms with Crippen molar-refractivity contribution in [3.05, 3.63) is 22.8 Å². The minimum absolute atomic E-state index is 0.706. The maximum absolute atomic E-state index is 5.47. The maximum atomic E-state index is 5.47. The standard InChI is InChI=1S/C15H23N3O/c1-11-14-3-7-18(13-5-9-19-10-6-13)8-4-15(14)17-12(2)16-11/h13H,3-10H2,1-2H3. The molecule has 0 unspecified atom stereocenters. The van der Waals surface area contributed by atoms with Gasteiger partial charge in [0.15, 0.2) is 0 Å². The van der Waals surface area contributed by atoms with Crippen molar-refractivity contribution < 1.29 is 4.74 Å². The molecule has 2 aliphatic rings. The molecular formula is C15H23N3O. The van der Waals surface area contributed by atoms with Crippen LogP contribution in [0.4, 0.5) is 0 Å². The van der Waals surface area contributed by atoms with E-state index < -0.39 is 0 Å². The summed E-state index contributed by atoms with van der Waals surface area (Å²) >= 11 is 0. The van der Waals surface area contributed by atoms with Crippen LogP contribution in [0.25, 0.3) is 0 Å². The smallest absolute Gasteiger partial charge is 0.125 e. The first-order chi connectivity index (χ1) is 9.24. The summed E-state index contributed by atoms with van der Waals surface area (Å²) in [7, 11) is 0. The quantitative estimate of drug-likeness (QED) is 0.771. The molecular weight excluding hydrogens is 238 g/mol. The second kappa shape index (κ2) is 5.55. The number of aromatic nitrogens is 2. The van der Waals surface area contributed by atoms with Crippen molar-refractivity contribution in [2.75, 3.05) is 26.3 Å². The maximum Gasteiger partial charge on any atom is 0.125 e. The number of nitrogens with zero attached hydrogens (tertiary/aromatic N) is 3. The van der Waals surface area contributed by atoms with E-state index >= 15 is 0 Å². The summed E-state index contributed by atoms with van der Waals surface area (Å²) in [5.41, 5.74) is 3.84. The average Bonchev–Trinajstić information content (AvgIpc) is 2.62. The van der Waals surface area contributed by atoms with Crippen molar-refractivity contribution in [3.8, 4) is 0 Å². The molecule has 4 nitrogen and oxygen atoms in total. The van der Waals surface area contributed by atoms with E-state index in [2.05, 4.69) is 21.8 Å². The Hall–Kier alpha value is -1.00. The number of fused-ring (bicyclic) bond motifs is 1. The van der Waals surface area contributed by atoms with Gasteiger partial charge in [-0.25, -0.2) is 9.97 Å². The van der Waals surface area contributed by atoms with Gasteiger partial charge in [0.1, 0.15) is 5.82 Å². The molecule has 1 saturated heterocycles. The van der Waals surface area contributed by atoms with Crippen LogP contribution in [0.15, 0.2) is 0 Å². The predicted octanol–water partition coefficient (Wildman–Crippen LogP) is 1.67. The molecule has 104 valence electrons. The summed E-state index contributed by atoms with van der Waals surface area (Å²) in [6, 6.07) is 0.706. The number of rotatable bonds is 1.